The van der Waals surface area contributed by atoms with Crippen LogP contribution in [0, 0.1) is 6.92 Å². The molecule has 2 aromatic rings. The Morgan fingerprint density at radius 1 is 1.06 bits per heavy atom. The number of benzene rings is 1. The summed E-state index contributed by atoms with van der Waals surface area (Å²) in [6, 6.07) is 8.03. The van der Waals surface area contributed by atoms with Crippen molar-refractivity contribution in [1.29, 1.82) is 0 Å². The Hall–Kier alpha value is -2.74. The largest absolute Gasteiger partial charge is 0.342 e. The van der Waals surface area contributed by atoms with Crippen molar-refractivity contribution in [2.24, 2.45) is 0 Å². The number of piperazine rings is 1. The maximum Gasteiger partial charge on any atom is 0.248 e. The molecule has 2 aliphatic rings. The van der Waals surface area contributed by atoms with Crippen LogP contribution < -0.4 is 5.32 Å². The molecule has 0 radical (unpaired) electrons. The zero-order chi connectivity index (χ0) is 22.7. The van der Waals surface area contributed by atoms with E-state index in [0.29, 0.717) is 24.8 Å². The molecule has 1 aliphatic heterocycles. The molecule has 1 saturated carbocycles. The summed E-state index contributed by atoms with van der Waals surface area (Å²) in [5.74, 6) is 1.12. The number of hydrogen-bond acceptors (Lipinski definition) is 6. The molecule has 172 valence electrons. The molecule has 8 heteroatoms. The van der Waals surface area contributed by atoms with Crippen LogP contribution in [0.1, 0.15) is 63.4 Å². The van der Waals surface area contributed by atoms with Gasteiger partial charge in [-0.05, 0) is 26.7 Å². The molecule has 32 heavy (non-hydrogen) atoms. The molecule has 1 unspecified atom stereocenters. The highest BCUT2D eigenvalue weighted by atomic mass is 16.5. The van der Waals surface area contributed by atoms with Gasteiger partial charge in [0.25, 0.3) is 0 Å². The first-order valence-electron chi connectivity index (χ1n) is 11.6. The summed E-state index contributed by atoms with van der Waals surface area (Å²) in [4.78, 5) is 34.0. The monoisotopic (exact) mass is 439 g/mol. The van der Waals surface area contributed by atoms with Crippen LogP contribution in [0.4, 0.5) is 0 Å². The van der Waals surface area contributed by atoms with Crippen LogP contribution in [-0.2, 0) is 9.59 Å². The fraction of sp³-hybridized carbons (Fsp3) is 0.583. The second-order valence-electron chi connectivity index (χ2n) is 9.15. The number of amides is 2. The average Bonchev–Trinajstić information content (AvgIpc) is 3.29. The van der Waals surface area contributed by atoms with E-state index in [2.05, 4.69) is 27.3 Å². The van der Waals surface area contributed by atoms with E-state index in [0.717, 1.165) is 50.8 Å². The summed E-state index contributed by atoms with van der Waals surface area (Å²) in [7, 11) is 0. The first-order chi connectivity index (χ1) is 15.4. The van der Waals surface area contributed by atoms with Crippen LogP contribution in [0.2, 0.25) is 0 Å². The van der Waals surface area contributed by atoms with Gasteiger partial charge in [0.15, 0.2) is 0 Å². The molecule has 0 spiro atoms. The molecule has 8 nitrogen and oxygen atoms in total. The van der Waals surface area contributed by atoms with Crippen LogP contribution in [0.25, 0.3) is 11.4 Å². The van der Waals surface area contributed by atoms with E-state index in [1.54, 1.807) is 0 Å². The summed E-state index contributed by atoms with van der Waals surface area (Å²) < 4.78 is 5.56. The Balaban J connectivity index is 1.38. The zero-order valence-electron chi connectivity index (χ0n) is 19.3. The smallest absolute Gasteiger partial charge is 0.248 e. The Morgan fingerprint density at radius 3 is 2.34 bits per heavy atom. The molecule has 1 saturated heterocycles. The lowest BCUT2D eigenvalue weighted by atomic mass is 9.80. The number of nitrogens with zero attached hydrogens (tertiary/aromatic N) is 4. The van der Waals surface area contributed by atoms with Crippen molar-refractivity contribution >= 4 is 11.8 Å². The molecule has 4 rings (SSSR count). The van der Waals surface area contributed by atoms with Gasteiger partial charge < -0.3 is 14.7 Å². The normalized spacial score (nSPS) is 20.0. The van der Waals surface area contributed by atoms with Crippen molar-refractivity contribution in [3.63, 3.8) is 0 Å². The first-order valence-corrected chi connectivity index (χ1v) is 11.6. The molecule has 1 atom stereocenters. The molecular formula is C24H33N5O3. The zero-order valence-corrected chi connectivity index (χ0v) is 19.3. The lowest BCUT2D eigenvalue weighted by Crippen LogP contribution is -2.63. The molecule has 1 aromatic heterocycles. The lowest BCUT2D eigenvalue weighted by Gasteiger charge is -2.43. The van der Waals surface area contributed by atoms with Crippen molar-refractivity contribution in [3.8, 4) is 11.4 Å². The summed E-state index contributed by atoms with van der Waals surface area (Å²) in [5.41, 5.74) is 1.39. The van der Waals surface area contributed by atoms with Gasteiger partial charge in [0, 0.05) is 38.7 Å². The summed E-state index contributed by atoms with van der Waals surface area (Å²) >= 11 is 0. The van der Waals surface area contributed by atoms with E-state index in [4.69, 9.17) is 4.52 Å². The second kappa shape index (κ2) is 9.40. The molecule has 2 amide bonds. The third kappa shape index (κ3) is 4.70. The van der Waals surface area contributed by atoms with Crippen molar-refractivity contribution in [2.45, 2.75) is 64.5 Å². The highest BCUT2D eigenvalue weighted by molar-refractivity contribution is 5.91. The van der Waals surface area contributed by atoms with E-state index in [1.165, 1.54) is 12.5 Å². The number of aryl methyl sites for hydroxylation is 1. The maximum absolute atomic E-state index is 13.4. The first kappa shape index (κ1) is 22.5. The lowest BCUT2D eigenvalue weighted by molar-refractivity contribution is -0.145. The van der Waals surface area contributed by atoms with Gasteiger partial charge >= 0.3 is 0 Å². The number of nitrogens with one attached hydrogen (secondary N) is 1. The molecule has 2 fully saturated rings. The minimum atomic E-state index is -0.729. The topological polar surface area (TPSA) is 91.6 Å². The fourth-order valence-electron chi connectivity index (χ4n) is 4.88. The SMILES string of the molecule is CC(=O)NC1(C(=O)N2CCN(C(C)c3nc(-c4ccc(C)cc4)no3)CC2)CCCCC1. The van der Waals surface area contributed by atoms with Crippen LogP contribution in [0.5, 0.6) is 0 Å². The van der Waals surface area contributed by atoms with Crippen LogP contribution >= 0.6 is 0 Å². The number of hydrogen-bond donors (Lipinski definition) is 1. The van der Waals surface area contributed by atoms with Crippen LogP contribution in [-0.4, -0.2) is 63.5 Å². The van der Waals surface area contributed by atoms with Crippen LogP contribution in [0.3, 0.4) is 0 Å². The summed E-state index contributed by atoms with van der Waals surface area (Å²) in [6.07, 6.45) is 4.53. The number of carbonyl (C=O) groups excluding carboxylic acids is 2. The standard InChI is InChI=1S/C24H33N5O3/c1-17-7-9-20(10-8-17)21-25-22(32-27-21)18(2)28-13-15-29(16-14-28)23(31)24(26-19(3)30)11-5-4-6-12-24/h7-10,18H,4-6,11-16H2,1-3H3,(H,26,30). The highest BCUT2D eigenvalue weighted by Crippen LogP contribution is 2.31. The number of carbonyl (C=O) groups is 2. The summed E-state index contributed by atoms with van der Waals surface area (Å²) in [6.45, 7) is 8.32. The Bertz CT molecular complexity index is 941. The number of rotatable bonds is 5. The molecular weight excluding hydrogens is 406 g/mol. The van der Waals surface area contributed by atoms with Gasteiger partial charge in [-0.1, -0.05) is 54.2 Å². The van der Waals surface area contributed by atoms with Crippen LogP contribution in [0.15, 0.2) is 28.8 Å². The van der Waals surface area contributed by atoms with Gasteiger partial charge in [-0.2, -0.15) is 4.98 Å². The van der Waals surface area contributed by atoms with Crippen molar-refractivity contribution < 1.29 is 14.1 Å². The van der Waals surface area contributed by atoms with E-state index < -0.39 is 5.54 Å². The van der Waals surface area contributed by atoms with E-state index in [9.17, 15) is 9.59 Å². The Labute approximate surface area is 189 Å². The maximum atomic E-state index is 13.4. The minimum Gasteiger partial charge on any atom is -0.342 e. The summed E-state index contributed by atoms with van der Waals surface area (Å²) in [5, 5.41) is 7.15. The predicted molar refractivity (Wildman–Crippen MR) is 121 cm³/mol. The van der Waals surface area contributed by atoms with Crippen molar-refractivity contribution in [3.05, 3.63) is 35.7 Å². The third-order valence-electron chi connectivity index (χ3n) is 6.79. The van der Waals surface area contributed by atoms with Gasteiger partial charge in [0.2, 0.25) is 23.5 Å². The Kier molecular flexibility index (Phi) is 6.60. The van der Waals surface area contributed by atoms with Gasteiger partial charge in [-0.25, -0.2) is 0 Å². The second-order valence-corrected chi connectivity index (χ2v) is 9.15. The highest BCUT2D eigenvalue weighted by Gasteiger charge is 2.43. The van der Waals surface area contributed by atoms with Gasteiger partial charge in [-0.3, -0.25) is 14.5 Å². The Morgan fingerprint density at radius 2 is 1.72 bits per heavy atom. The molecule has 2 heterocycles. The van der Waals surface area contributed by atoms with Crippen molar-refractivity contribution in [2.75, 3.05) is 26.2 Å². The minimum absolute atomic E-state index is 0.0297. The van der Waals surface area contributed by atoms with E-state index >= 15 is 0 Å². The average molecular weight is 440 g/mol. The van der Waals surface area contributed by atoms with E-state index in [1.807, 2.05) is 36.1 Å². The molecule has 0 bridgehead atoms. The molecule has 1 aromatic carbocycles. The van der Waals surface area contributed by atoms with Gasteiger partial charge in [0.05, 0.1) is 6.04 Å². The molecule has 1 N–H and O–H groups in total. The third-order valence-corrected chi connectivity index (χ3v) is 6.79. The van der Waals surface area contributed by atoms with E-state index in [-0.39, 0.29) is 17.9 Å². The van der Waals surface area contributed by atoms with Gasteiger partial charge in [-0.15, -0.1) is 0 Å². The fourth-order valence-corrected chi connectivity index (χ4v) is 4.88. The molecule has 1 aliphatic carbocycles. The van der Waals surface area contributed by atoms with Gasteiger partial charge in [0.1, 0.15) is 5.54 Å². The quantitative estimate of drug-likeness (QED) is 0.770. The predicted octanol–water partition coefficient (Wildman–Crippen LogP) is 3.09. The number of aromatic nitrogens is 2. The van der Waals surface area contributed by atoms with Crippen molar-refractivity contribution in [1.82, 2.24) is 25.3 Å².